The van der Waals surface area contributed by atoms with Crippen molar-refractivity contribution in [2.45, 2.75) is 51.2 Å². The Balaban J connectivity index is 0.00000122. The number of halogens is 6. The van der Waals surface area contributed by atoms with Crippen molar-refractivity contribution in [3.05, 3.63) is 35.4 Å². The second kappa shape index (κ2) is 10.6. The number of piperidine rings is 1. The van der Waals surface area contributed by atoms with E-state index < -0.39 is 24.5 Å². The highest BCUT2D eigenvalue weighted by atomic mass is 19.4. The minimum absolute atomic E-state index is 0.0745. The highest BCUT2D eigenvalue weighted by Gasteiger charge is 2.60. The minimum Gasteiger partial charge on any atom is -0.426 e. The van der Waals surface area contributed by atoms with Gasteiger partial charge in [0.1, 0.15) is 0 Å². The maximum atomic E-state index is 12.6. The highest BCUT2D eigenvalue weighted by molar-refractivity contribution is 5.68. The van der Waals surface area contributed by atoms with Crippen LogP contribution in [0.1, 0.15) is 30.4 Å². The van der Waals surface area contributed by atoms with Gasteiger partial charge in [0.2, 0.25) is 0 Å². The van der Waals surface area contributed by atoms with Crippen LogP contribution in [0, 0.1) is 12.3 Å². The van der Waals surface area contributed by atoms with Gasteiger partial charge in [-0.15, -0.1) is 0 Å². The molecule has 2 aliphatic heterocycles. The van der Waals surface area contributed by atoms with E-state index in [0.717, 1.165) is 31.0 Å². The van der Waals surface area contributed by atoms with Crippen molar-refractivity contribution in [2.75, 3.05) is 26.2 Å². The van der Waals surface area contributed by atoms with Crippen LogP contribution in [0.25, 0.3) is 0 Å². The van der Waals surface area contributed by atoms with Crippen LogP contribution in [-0.4, -0.2) is 66.7 Å². The lowest BCUT2D eigenvalue weighted by Gasteiger charge is -2.39. The molecule has 0 bridgehead atoms. The van der Waals surface area contributed by atoms with E-state index in [1.54, 1.807) is 0 Å². The molecule has 0 N–H and O–H groups in total. The number of rotatable bonds is 3. The minimum atomic E-state index is -5.70. The molecule has 0 atom stereocenters. The molecule has 2 heterocycles. The Bertz CT molecular complexity index is 813. The number of carbonyl (C=O) groups excluding carboxylic acids is 3. The molecule has 0 saturated carbocycles. The first-order valence-corrected chi connectivity index (χ1v) is 10.2. The van der Waals surface area contributed by atoms with E-state index in [9.17, 15) is 31.1 Å². The van der Waals surface area contributed by atoms with Crippen LogP contribution in [0.15, 0.2) is 24.3 Å². The maximum absolute atomic E-state index is 12.6. The van der Waals surface area contributed by atoms with Gasteiger partial charge in [-0.2, -0.15) is 35.9 Å². The topological polar surface area (TPSA) is 66.9 Å². The van der Waals surface area contributed by atoms with Crippen molar-refractivity contribution < 1.29 is 45.5 Å². The molecule has 0 unspecified atom stereocenters. The molecule has 6 nitrogen and oxygen atoms in total. The Kier molecular flexibility index (Phi) is 8.53. The van der Waals surface area contributed by atoms with Crippen molar-refractivity contribution in [2.24, 2.45) is 5.41 Å². The van der Waals surface area contributed by atoms with Crippen LogP contribution < -0.4 is 0 Å². The van der Waals surface area contributed by atoms with Gasteiger partial charge in [0.15, 0.2) is 0 Å². The highest BCUT2D eigenvalue weighted by Crippen LogP contribution is 2.41. The molecule has 2 fully saturated rings. The standard InChI is InChI=1S/C20H24F6N2O2.CO2/c1-14-2-4-15(5-3-14)12-27-9-6-18(13-27)7-10-28(11-8-18)17(29)30-16(19(21,22)23)20(24,25)26;2-1-3/h2-5,16H,6-13H2,1H3;. The fourth-order valence-corrected chi connectivity index (χ4v) is 4.18. The number of ether oxygens (including phenoxy) is 1. The molecule has 0 aliphatic carbocycles. The summed E-state index contributed by atoms with van der Waals surface area (Å²) in [6.45, 7) is 4.62. The van der Waals surface area contributed by atoms with Crippen LogP contribution >= 0.6 is 0 Å². The SMILES string of the molecule is Cc1ccc(CN2CCC3(CCN(C(=O)OC(C(F)(F)F)C(F)(F)F)CC3)C2)cc1.O=C=O. The van der Waals surface area contributed by atoms with Crippen LogP contribution in [0.2, 0.25) is 0 Å². The zero-order valence-corrected chi connectivity index (χ0v) is 17.8. The van der Waals surface area contributed by atoms with Crippen molar-refractivity contribution in [1.29, 1.82) is 0 Å². The molecule has 12 heteroatoms. The zero-order valence-electron chi connectivity index (χ0n) is 17.8. The largest absolute Gasteiger partial charge is 0.434 e. The molecule has 1 spiro atoms. The second-order valence-electron chi connectivity index (χ2n) is 8.36. The number of nitrogens with zero attached hydrogens (tertiary/aromatic N) is 2. The summed E-state index contributed by atoms with van der Waals surface area (Å²) in [5.41, 5.74) is 2.28. The van der Waals surface area contributed by atoms with Crippen LogP contribution in [-0.2, 0) is 20.9 Å². The van der Waals surface area contributed by atoms with Crippen molar-refractivity contribution in [3.8, 4) is 0 Å². The molecule has 0 aromatic heterocycles. The molecule has 2 saturated heterocycles. The van der Waals surface area contributed by atoms with Gasteiger partial charge >= 0.3 is 24.6 Å². The maximum Gasteiger partial charge on any atom is 0.434 e. The number of amides is 1. The number of likely N-dealkylation sites (tertiary alicyclic amines) is 2. The Morgan fingerprint density at radius 2 is 1.48 bits per heavy atom. The number of benzene rings is 1. The lowest BCUT2D eigenvalue weighted by Crippen LogP contribution is -2.50. The molecular weight excluding hydrogens is 458 g/mol. The molecule has 1 amide bonds. The predicted molar refractivity (Wildman–Crippen MR) is 102 cm³/mol. The van der Waals surface area contributed by atoms with E-state index >= 15 is 0 Å². The first kappa shape index (κ1) is 26.7. The predicted octanol–water partition coefficient (Wildman–Crippen LogP) is 4.33. The third-order valence-corrected chi connectivity index (χ3v) is 5.94. The van der Waals surface area contributed by atoms with Gasteiger partial charge < -0.3 is 9.64 Å². The van der Waals surface area contributed by atoms with Gasteiger partial charge in [0.25, 0.3) is 6.10 Å². The van der Waals surface area contributed by atoms with Crippen LogP contribution in [0.5, 0.6) is 0 Å². The molecule has 184 valence electrons. The second-order valence-corrected chi connectivity index (χ2v) is 8.36. The fourth-order valence-electron chi connectivity index (χ4n) is 4.18. The van der Waals surface area contributed by atoms with Crippen LogP contribution in [0.4, 0.5) is 31.1 Å². The zero-order chi connectivity index (χ0) is 24.9. The Morgan fingerprint density at radius 1 is 1.00 bits per heavy atom. The van der Waals surface area contributed by atoms with E-state index in [0.29, 0.717) is 12.8 Å². The van der Waals surface area contributed by atoms with E-state index in [1.807, 2.05) is 19.1 Å². The van der Waals surface area contributed by atoms with Crippen molar-refractivity contribution >= 4 is 12.2 Å². The summed E-state index contributed by atoms with van der Waals surface area (Å²) in [5, 5.41) is 0. The summed E-state index contributed by atoms with van der Waals surface area (Å²) in [6, 6.07) is 8.22. The smallest absolute Gasteiger partial charge is 0.426 e. The normalized spacial score (nSPS) is 18.6. The van der Waals surface area contributed by atoms with Gasteiger partial charge in [-0.3, -0.25) is 4.90 Å². The molecule has 33 heavy (non-hydrogen) atoms. The van der Waals surface area contributed by atoms with E-state index in [4.69, 9.17) is 9.59 Å². The van der Waals surface area contributed by atoms with Gasteiger partial charge in [0.05, 0.1) is 0 Å². The number of hydrogen-bond acceptors (Lipinski definition) is 5. The third-order valence-electron chi connectivity index (χ3n) is 5.94. The Labute approximate surface area is 186 Å². The van der Waals surface area contributed by atoms with Crippen molar-refractivity contribution in [1.82, 2.24) is 9.80 Å². The lowest BCUT2D eigenvalue weighted by atomic mass is 9.78. The first-order chi connectivity index (χ1) is 15.3. The van der Waals surface area contributed by atoms with Gasteiger partial charge in [0, 0.05) is 26.2 Å². The molecule has 3 rings (SSSR count). The first-order valence-electron chi connectivity index (χ1n) is 10.2. The summed E-state index contributed by atoms with van der Waals surface area (Å²) >= 11 is 0. The third kappa shape index (κ3) is 7.46. The van der Waals surface area contributed by atoms with Gasteiger partial charge in [-0.1, -0.05) is 29.8 Å². The summed E-state index contributed by atoms with van der Waals surface area (Å²) in [4.78, 5) is 31.4. The Morgan fingerprint density at radius 3 is 1.97 bits per heavy atom. The molecule has 1 aromatic rings. The summed E-state index contributed by atoms with van der Waals surface area (Å²) in [7, 11) is 0. The van der Waals surface area contributed by atoms with Gasteiger partial charge in [-0.05, 0) is 43.7 Å². The average Bonchev–Trinajstić information content (AvgIpc) is 3.09. The average molecular weight is 482 g/mol. The fraction of sp³-hybridized carbons (Fsp3) is 0.619. The molecule has 1 aromatic carbocycles. The number of aryl methyl sites for hydroxylation is 1. The van der Waals surface area contributed by atoms with Gasteiger partial charge in [-0.25, -0.2) is 4.79 Å². The summed E-state index contributed by atoms with van der Waals surface area (Å²) in [5.74, 6) is 0. The van der Waals surface area contributed by atoms with E-state index in [1.165, 1.54) is 11.1 Å². The monoisotopic (exact) mass is 482 g/mol. The number of alkyl halides is 6. The molecule has 2 aliphatic rings. The quantitative estimate of drug-likeness (QED) is 0.601. The summed E-state index contributed by atoms with van der Waals surface area (Å²) in [6.07, 6.45) is -14.9. The summed E-state index contributed by atoms with van der Waals surface area (Å²) < 4.78 is 79.4. The Hall–Kier alpha value is -2.59. The van der Waals surface area contributed by atoms with E-state index in [-0.39, 0.29) is 24.7 Å². The number of carbonyl (C=O) groups is 1. The molecule has 0 radical (unpaired) electrons. The number of hydrogen-bond donors (Lipinski definition) is 0. The lowest BCUT2D eigenvalue weighted by molar-refractivity contribution is -0.308. The molecular formula is C21H24F6N2O4. The van der Waals surface area contributed by atoms with Crippen molar-refractivity contribution in [3.63, 3.8) is 0 Å². The van der Waals surface area contributed by atoms with Crippen LogP contribution in [0.3, 0.4) is 0 Å². The van der Waals surface area contributed by atoms with E-state index in [2.05, 4.69) is 21.8 Å².